The first-order valence-corrected chi connectivity index (χ1v) is 9.00. The standard InChI is InChI=1S/C14H11NO5S.C3H3NO2/c1-19-10-7-8-12-13(9-10)15(20-14(12)16)21(17,18)11-5-3-2-4-6-11;5-3-1-2-6-4-3/h2-9H,1H3;1-2H,(H,4,5). The molecule has 4 aromatic rings. The van der Waals surface area contributed by atoms with Gasteiger partial charge in [-0.25, -0.2) is 4.79 Å². The summed E-state index contributed by atoms with van der Waals surface area (Å²) < 4.78 is 40.0. The molecular formula is C17H14N2O7S. The highest BCUT2D eigenvalue weighted by Gasteiger charge is 2.23. The number of nitrogens with one attached hydrogen (secondary N) is 1. The van der Waals surface area contributed by atoms with Gasteiger partial charge in [0.25, 0.3) is 15.6 Å². The third-order valence-electron chi connectivity index (χ3n) is 3.49. The molecule has 0 aliphatic rings. The second-order valence-corrected chi connectivity index (χ2v) is 6.95. The van der Waals surface area contributed by atoms with E-state index in [-0.39, 0.29) is 21.4 Å². The van der Waals surface area contributed by atoms with Gasteiger partial charge >= 0.3 is 5.63 Å². The van der Waals surface area contributed by atoms with Crippen LogP contribution in [0, 0.1) is 0 Å². The number of methoxy groups -OCH3 is 1. The summed E-state index contributed by atoms with van der Waals surface area (Å²) in [7, 11) is -2.52. The Morgan fingerprint density at radius 1 is 1.04 bits per heavy atom. The van der Waals surface area contributed by atoms with Gasteiger partial charge in [0.05, 0.1) is 17.4 Å². The van der Waals surface area contributed by atoms with Gasteiger partial charge in [-0.05, 0) is 24.3 Å². The summed E-state index contributed by atoms with van der Waals surface area (Å²) in [5, 5.41) is 2.25. The van der Waals surface area contributed by atoms with E-state index in [2.05, 4.69) is 9.68 Å². The van der Waals surface area contributed by atoms with Crippen molar-refractivity contribution < 1.29 is 22.2 Å². The third kappa shape index (κ3) is 3.70. The van der Waals surface area contributed by atoms with Crippen molar-refractivity contribution in [2.45, 2.75) is 4.90 Å². The summed E-state index contributed by atoms with van der Waals surface area (Å²) in [6.07, 6.45) is 1.29. The van der Waals surface area contributed by atoms with Crippen LogP contribution in [-0.2, 0) is 10.0 Å². The molecule has 4 rings (SSSR count). The smallest absolute Gasteiger partial charge is 0.366 e. The van der Waals surface area contributed by atoms with E-state index in [0.29, 0.717) is 9.89 Å². The zero-order chi connectivity index (χ0) is 19.4. The van der Waals surface area contributed by atoms with E-state index in [1.807, 2.05) is 0 Å². The van der Waals surface area contributed by atoms with Gasteiger partial charge in [-0.2, -0.15) is 13.6 Å². The summed E-state index contributed by atoms with van der Waals surface area (Å²) in [5.41, 5.74) is -0.773. The van der Waals surface area contributed by atoms with Gasteiger partial charge in [0.15, 0.2) is 0 Å². The van der Waals surface area contributed by atoms with E-state index >= 15 is 0 Å². The quantitative estimate of drug-likeness (QED) is 0.565. The molecule has 140 valence electrons. The Kier molecular flexibility index (Phi) is 4.99. The van der Waals surface area contributed by atoms with Crippen LogP contribution >= 0.6 is 0 Å². The van der Waals surface area contributed by atoms with Crippen LogP contribution in [0.2, 0.25) is 0 Å². The Bertz CT molecular complexity index is 1250. The summed E-state index contributed by atoms with van der Waals surface area (Å²) in [4.78, 5) is 21.7. The van der Waals surface area contributed by atoms with Crippen LogP contribution in [-0.4, -0.2) is 24.8 Å². The highest BCUT2D eigenvalue weighted by molar-refractivity contribution is 7.90. The second kappa shape index (κ2) is 7.38. The van der Waals surface area contributed by atoms with Crippen LogP contribution in [0.4, 0.5) is 0 Å². The maximum absolute atomic E-state index is 12.6. The molecule has 0 aliphatic carbocycles. The fourth-order valence-electron chi connectivity index (χ4n) is 2.22. The minimum Gasteiger partial charge on any atom is -0.497 e. The van der Waals surface area contributed by atoms with E-state index in [1.54, 1.807) is 24.3 Å². The second-order valence-electron chi connectivity index (χ2n) is 5.19. The predicted molar refractivity (Wildman–Crippen MR) is 95.4 cm³/mol. The Labute approximate surface area is 152 Å². The van der Waals surface area contributed by atoms with Gasteiger partial charge in [0, 0.05) is 12.1 Å². The van der Waals surface area contributed by atoms with E-state index in [4.69, 9.17) is 9.26 Å². The number of nitrogens with zero attached hydrogens (tertiary/aromatic N) is 1. The number of rotatable bonds is 3. The number of aromatic amines is 1. The molecule has 9 nitrogen and oxygen atoms in total. The average molecular weight is 390 g/mol. The molecule has 0 unspecified atom stereocenters. The number of aromatic nitrogens is 2. The lowest BCUT2D eigenvalue weighted by molar-refractivity contribution is 0.351. The van der Waals surface area contributed by atoms with E-state index < -0.39 is 15.6 Å². The van der Waals surface area contributed by atoms with Crippen LogP contribution in [0.5, 0.6) is 5.75 Å². The number of fused-ring (bicyclic) bond motifs is 1. The maximum Gasteiger partial charge on any atom is 0.366 e. The largest absolute Gasteiger partial charge is 0.497 e. The lowest BCUT2D eigenvalue weighted by Crippen LogP contribution is -2.12. The molecule has 2 heterocycles. The van der Waals surface area contributed by atoms with Crippen molar-refractivity contribution in [2.75, 3.05) is 7.11 Å². The van der Waals surface area contributed by atoms with Gasteiger partial charge in [0.2, 0.25) is 0 Å². The number of ether oxygens (including phenoxy) is 1. The van der Waals surface area contributed by atoms with E-state index in [9.17, 15) is 18.0 Å². The number of hydrogen-bond donors (Lipinski definition) is 1. The Morgan fingerprint density at radius 3 is 2.33 bits per heavy atom. The topological polar surface area (TPSA) is 125 Å². The number of benzene rings is 2. The van der Waals surface area contributed by atoms with E-state index in [1.165, 1.54) is 43.7 Å². The normalized spacial score (nSPS) is 11.0. The van der Waals surface area contributed by atoms with Crippen LogP contribution in [0.25, 0.3) is 10.9 Å². The van der Waals surface area contributed by atoms with Crippen LogP contribution in [0.1, 0.15) is 0 Å². The average Bonchev–Trinajstić information content (AvgIpc) is 3.29. The van der Waals surface area contributed by atoms with Gasteiger partial charge in [-0.3, -0.25) is 4.79 Å². The molecule has 0 amide bonds. The molecule has 0 saturated heterocycles. The molecule has 0 atom stereocenters. The molecule has 0 aliphatic heterocycles. The zero-order valence-corrected chi connectivity index (χ0v) is 14.8. The Morgan fingerprint density at radius 2 is 1.78 bits per heavy atom. The lowest BCUT2D eigenvalue weighted by Gasteiger charge is -2.05. The van der Waals surface area contributed by atoms with Gasteiger partial charge < -0.3 is 13.8 Å². The number of H-pyrrole nitrogens is 1. The molecular weight excluding hydrogens is 376 g/mol. The molecule has 0 fully saturated rings. The fraction of sp³-hybridized carbons (Fsp3) is 0.0588. The fourth-order valence-corrected chi connectivity index (χ4v) is 3.49. The molecule has 0 bridgehead atoms. The van der Waals surface area contributed by atoms with Crippen molar-refractivity contribution in [1.29, 1.82) is 0 Å². The zero-order valence-electron chi connectivity index (χ0n) is 14.0. The minimum atomic E-state index is -3.98. The summed E-state index contributed by atoms with van der Waals surface area (Å²) in [6, 6.07) is 13.5. The van der Waals surface area contributed by atoms with Crippen LogP contribution in [0.3, 0.4) is 0 Å². The highest BCUT2D eigenvalue weighted by atomic mass is 32.2. The monoisotopic (exact) mass is 390 g/mol. The first-order valence-electron chi connectivity index (χ1n) is 7.56. The third-order valence-corrected chi connectivity index (χ3v) is 5.07. The van der Waals surface area contributed by atoms with Crippen molar-refractivity contribution >= 4 is 20.9 Å². The van der Waals surface area contributed by atoms with Crippen molar-refractivity contribution in [1.82, 2.24) is 9.30 Å². The summed E-state index contributed by atoms with van der Waals surface area (Å²) >= 11 is 0. The molecule has 0 saturated carbocycles. The SMILES string of the molecule is COc1ccc2c(=O)on(S(=O)(=O)c3ccccc3)c2c1.O=c1cco[nH]1. The summed E-state index contributed by atoms with van der Waals surface area (Å²) in [5.74, 6) is 0.431. The molecule has 0 spiro atoms. The van der Waals surface area contributed by atoms with Crippen molar-refractivity contribution in [3.05, 3.63) is 81.6 Å². The summed E-state index contributed by atoms with van der Waals surface area (Å²) in [6.45, 7) is 0. The lowest BCUT2D eigenvalue weighted by atomic mass is 10.2. The number of hydrogen-bond acceptors (Lipinski definition) is 7. The van der Waals surface area contributed by atoms with Crippen molar-refractivity contribution in [3.8, 4) is 5.75 Å². The minimum absolute atomic E-state index is 0.0356. The van der Waals surface area contributed by atoms with Gasteiger partial charge in [-0.1, -0.05) is 22.3 Å². The van der Waals surface area contributed by atoms with Crippen molar-refractivity contribution in [3.63, 3.8) is 0 Å². The molecule has 27 heavy (non-hydrogen) atoms. The molecule has 1 N–H and O–H groups in total. The maximum atomic E-state index is 12.6. The van der Waals surface area contributed by atoms with Crippen LogP contribution < -0.4 is 15.9 Å². The Hall–Kier alpha value is -3.53. The van der Waals surface area contributed by atoms with Crippen LogP contribution in [0.15, 0.2) is 84.4 Å². The van der Waals surface area contributed by atoms with Crippen molar-refractivity contribution in [2.24, 2.45) is 0 Å². The molecule has 2 aromatic heterocycles. The Balaban J connectivity index is 0.000000299. The van der Waals surface area contributed by atoms with Gasteiger partial charge in [-0.15, -0.1) is 0 Å². The molecule has 10 heteroatoms. The molecule has 0 radical (unpaired) electrons. The van der Waals surface area contributed by atoms with E-state index in [0.717, 1.165) is 0 Å². The van der Waals surface area contributed by atoms with Gasteiger partial charge in [0.1, 0.15) is 17.5 Å². The highest BCUT2D eigenvalue weighted by Crippen LogP contribution is 2.23. The first kappa shape index (κ1) is 18.3. The predicted octanol–water partition coefficient (Wildman–Crippen LogP) is 1.81. The molecule has 2 aromatic carbocycles. The first-order chi connectivity index (χ1) is 12.9.